The van der Waals surface area contributed by atoms with Gasteiger partial charge < -0.3 is 18.9 Å². The van der Waals surface area contributed by atoms with Crippen molar-refractivity contribution in [1.29, 1.82) is 0 Å². The van der Waals surface area contributed by atoms with Gasteiger partial charge in [-0.1, -0.05) is 20.3 Å². The first-order valence-corrected chi connectivity index (χ1v) is 7.70. The molecule has 0 heterocycles. The van der Waals surface area contributed by atoms with Gasteiger partial charge in [-0.25, -0.2) is 0 Å². The van der Waals surface area contributed by atoms with Crippen LogP contribution in [0.2, 0.25) is 0 Å². The van der Waals surface area contributed by atoms with Crippen LogP contribution in [0.15, 0.2) is 0 Å². The lowest BCUT2D eigenvalue weighted by atomic mass is 10.3. The fourth-order valence-corrected chi connectivity index (χ4v) is 1.39. The predicted octanol–water partition coefficient (Wildman–Crippen LogP) is 2.57. The molecule has 0 aliphatic carbocycles. The van der Waals surface area contributed by atoms with Crippen LogP contribution in [-0.4, -0.2) is 52.2 Å². The van der Waals surface area contributed by atoms with Gasteiger partial charge in [0.25, 0.3) is 0 Å². The standard InChI is InChI=1S/C15H30O5/c1-3-5-9-17-11-13-19-14-12-18-10-6-7-15(16)20-8-4-2/h3-14H2,1-2H3. The highest BCUT2D eigenvalue weighted by Gasteiger charge is 2.01. The second-order valence-corrected chi connectivity index (χ2v) is 4.51. The molecule has 0 amide bonds. The zero-order valence-corrected chi connectivity index (χ0v) is 13.0. The molecule has 0 fully saturated rings. The van der Waals surface area contributed by atoms with Crippen LogP contribution in [0.1, 0.15) is 46.0 Å². The summed E-state index contributed by atoms with van der Waals surface area (Å²) in [7, 11) is 0. The molecule has 120 valence electrons. The molecule has 0 N–H and O–H groups in total. The average Bonchev–Trinajstić information content (AvgIpc) is 2.46. The largest absolute Gasteiger partial charge is 0.466 e. The van der Waals surface area contributed by atoms with E-state index in [2.05, 4.69) is 6.92 Å². The molecular formula is C15H30O5. The van der Waals surface area contributed by atoms with Crippen molar-refractivity contribution in [3.8, 4) is 0 Å². The number of unbranched alkanes of at least 4 members (excludes halogenated alkanes) is 1. The van der Waals surface area contributed by atoms with Gasteiger partial charge in [0.2, 0.25) is 0 Å². The summed E-state index contributed by atoms with van der Waals surface area (Å²) in [5.41, 5.74) is 0. The average molecular weight is 290 g/mol. The maximum atomic E-state index is 11.2. The number of esters is 1. The van der Waals surface area contributed by atoms with Crippen LogP contribution in [0.5, 0.6) is 0 Å². The second kappa shape index (κ2) is 16.4. The van der Waals surface area contributed by atoms with Crippen LogP contribution in [0.4, 0.5) is 0 Å². The maximum Gasteiger partial charge on any atom is 0.305 e. The van der Waals surface area contributed by atoms with Gasteiger partial charge in [0.1, 0.15) is 0 Å². The lowest BCUT2D eigenvalue weighted by Gasteiger charge is -2.06. The molecule has 0 saturated heterocycles. The van der Waals surface area contributed by atoms with E-state index in [9.17, 15) is 4.79 Å². The van der Waals surface area contributed by atoms with Crippen LogP contribution >= 0.6 is 0 Å². The Balaban J connectivity index is 3.04. The van der Waals surface area contributed by atoms with Crippen LogP contribution in [0, 0.1) is 0 Å². The minimum Gasteiger partial charge on any atom is -0.466 e. The third-order valence-corrected chi connectivity index (χ3v) is 2.52. The Labute approximate surface area is 122 Å². The van der Waals surface area contributed by atoms with Crippen molar-refractivity contribution in [2.45, 2.75) is 46.0 Å². The first-order chi connectivity index (χ1) is 9.81. The number of hydrogen-bond donors (Lipinski definition) is 0. The third-order valence-electron chi connectivity index (χ3n) is 2.52. The number of carbonyl (C=O) groups is 1. The molecule has 0 saturated carbocycles. The summed E-state index contributed by atoms with van der Waals surface area (Å²) in [6.45, 7) is 8.37. The maximum absolute atomic E-state index is 11.2. The minimum absolute atomic E-state index is 0.143. The van der Waals surface area contributed by atoms with E-state index in [4.69, 9.17) is 18.9 Å². The molecule has 0 radical (unpaired) electrons. The van der Waals surface area contributed by atoms with E-state index in [1.807, 2.05) is 6.92 Å². The van der Waals surface area contributed by atoms with Crippen LogP contribution in [0.25, 0.3) is 0 Å². The zero-order chi connectivity index (χ0) is 14.9. The zero-order valence-electron chi connectivity index (χ0n) is 13.0. The number of rotatable bonds is 15. The smallest absolute Gasteiger partial charge is 0.305 e. The summed E-state index contributed by atoms with van der Waals surface area (Å²) in [6, 6.07) is 0. The normalized spacial score (nSPS) is 10.7. The molecule has 0 bridgehead atoms. The highest BCUT2D eigenvalue weighted by atomic mass is 16.5. The van der Waals surface area contributed by atoms with Gasteiger partial charge in [0, 0.05) is 19.6 Å². The highest BCUT2D eigenvalue weighted by Crippen LogP contribution is 1.95. The van der Waals surface area contributed by atoms with Gasteiger partial charge in [0.05, 0.1) is 33.0 Å². The Morgan fingerprint density at radius 3 is 1.80 bits per heavy atom. The number of carbonyl (C=O) groups excluding carboxylic acids is 1. The number of hydrogen-bond acceptors (Lipinski definition) is 5. The van der Waals surface area contributed by atoms with Crippen LogP contribution in [-0.2, 0) is 23.7 Å². The van der Waals surface area contributed by atoms with E-state index >= 15 is 0 Å². The predicted molar refractivity (Wildman–Crippen MR) is 77.8 cm³/mol. The van der Waals surface area contributed by atoms with Gasteiger partial charge in [-0.05, 0) is 19.3 Å². The van der Waals surface area contributed by atoms with E-state index in [1.54, 1.807) is 0 Å². The Bertz CT molecular complexity index is 208. The molecule has 0 spiro atoms. The summed E-state index contributed by atoms with van der Waals surface area (Å²) < 4.78 is 21.0. The minimum atomic E-state index is -0.143. The summed E-state index contributed by atoms with van der Waals surface area (Å²) in [6.07, 6.45) is 4.24. The fourth-order valence-electron chi connectivity index (χ4n) is 1.39. The van der Waals surface area contributed by atoms with Gasteiger partial charge in [-0.3, -0.25) is 4.79 Å². The third kappa shape index (κ3) is 15.4. The molecule has 5 nitrogen and oxygen atoms in total. The van der Waals surface area contributed by atoms with Crippen molar-refractivity contribution in [2.24, 2.45) is 0 Å². The van der Waals surface area contributed by atoms with Crippen molar-refractivity contribution in [2.75, 3.05) is 46.2 Å². The number of ether oxygens (including phenoxy) is 4. The van der Waals surface area contributed by atoms with Crippen molar-refractivity contribution < 1.29 is 23.7 Å². The highest BCUT2D eigenvalue weighted by molar-refractivity contribution is 5.69. The van der Waals surface area contributed by atoms with Gasteiger partial charge in [0.15, 0.2) is 0 Å². The Morgan fingerprint density at radius 2 is 1.25 bits per heavy atom. The van der Waals surface area contributed by atoms with Crippen molar-refractivity contribution in [3.05, 3.63) is 0 Å². The van der Waals surface area contributed by atoms with E-state index in [-0.39, 0.29) is 5.97 Å². The molecule has 5 heteroatoms. The molecule has 0 aromatic rings. The van der Waals surface area contributed by atoms with Crippen molar-refractivity contribution in [3.63, 3.8) is 0 Å². The summed E-state index contributed by atoms with van der Waals surface area (Å²) in [5, 5.41) is 0. The van der Waals surface area contributed by atoms with Gasteiger partial charge >= 0.3 is 5.97 Å². The topological polar surface area (TPSA) is 54.0 Å². The fraction of sp³-hybridized carbons (Fsp3) is 0.933. The molecule has 20 heavy (non-hydrogen) atoms. The Morgan fingerprint density at radius 1 is 0.700 bits per heavy atom. The van der Waals surface area contributed by atoms with Crippen LogP contribution in [0.3, 0.4) is 0 Å². The van der Waals surface area contributed by atoms with Crippen molar-refractivity contribution in [1.82, 2.24) is 0 Å². The Kier molecular flexibility index (Phi) is 15.9. The molecule has 0 rings (SSSR count). The summed E-state index contributed by atoms with van der Waals surface area (Å²) in [4.78, 5) is 11.2. The van der Waals surface area contributed by atoms with E-state index in [0.717, 1.165) is 25.9 Å². The van der Waals surface area contributed by atoms with E-state index in [0.29, 0.717) is 52.5 Å². The SMILES string of the molecule is CCCCOCCOCCOCCCC(=O)OCCC. The summed E-state index contributed by atoms with van der Waals surface area (Å²) >= 11 is 0. The van der Waals surface area contributed by atoms with E-state index < -0.39 is 0 Å². The van der Waals surface area contributed by atoms with E-state index in [1.165, 1.54) is 0 Å². The van der Waals surface area contributed by atoms with Crippen LogP contribution < -0.4 is 0 Å². The molecule has 0 aromatic heterocycles. The quantitative estimate of drug-likeness (QED) is 0.343. The molecule has 0 unspecified atom stereocenters. The summed E-state index contributed by atoms with van der Waals surface area (Å²) in [5.74, 6) is -0.143. The molecule has 0 aromatic carbocycles. The van der Waals surface area contributed by atoms with Gasteiger partial charge in [-0.15, -0.1) is 0 Å². The first kappa shape index (κ1) is 19.4. The second-order valence-electron chi connectivity index (χ2n) is 4.51. The molecular weight excluding hydrogens is 260 g/mol. The monoisotopic (exact) mass is 290 g/mol. The lowest BCUT2D eigenvalue weighted by Crippen LogP contribution is -2.11. The lowest BCUT2D eigenvalue weighted by molar-refractivity contribution is -0.144. The molecule has 0 aliphatic heterocycles. The molecule has 0 atom stereocenters. The Hall–Kier alpha value is -0.650. The van der Waals surface area contributed by atoms with Gasteiger partial charge in [-0.2, -0.15) is 0 Å². The first-order valence-electron chi connectivity index (χ1n) is 7.70. The molecule has 0 aliphatic rings. The van der Waals surface area contributed by atoms with Crippen molar-refractivity contribution >= 4 is 5.97 Å².